The molecule has 0 saturated carbocycles. The minimum atomic E-state index is -0.216. The zero-order valence-corrected chi connectivity index (χ0v) is 17.2. The Balaban J connectivity index is 1.82. The molecular formula is C25H23N3O2. The normalized spacial score (nSPS) is 10.6. The van der Waals surface area contributed by atoms with Gasteiger partial charge >= 0.3 is 0 Å². The van der Waals surface area contributed by atoms with E-state index in [0.29, 0.717) is 17.0 Å². The van der Waals surface area contributed by atoms with Gasteiger partial charge in [0.05, 0.1) is 18.4 Å². The van der Waals surface area contributed by atoms with Gasteiger partial charge in [-0.2, -0.15) is 5.10 Å². The lowest BCUT2D eigenvalue weighted by Crippen LogP contribution is -2.13. The fourth-order valence-electron chi connectivity index (χ4n) is 3.35. The predicted octanol–water partition coefficient (Wildman–Crippen LogP) is 5.42. The first kappa shape index (κ1) is 19.5. The number of para-hydroxylation sites is 2. The molecule has 0 atom stereocenters. The van der Waals surface area contributed by atoms with E-state index in [4.69, 9.17) is 9.84 Å². The number of amides is 1. The van der Waals surface area contributed by atoms with Gasteiger partial charge in [0.15, 0.2) is 0 Å². The van der Waals surface area contributed by atoms with Crippen molar-refractivity contribution in [3.63, 3.8) is 0 Å². The molecule has 4 rings (SSSR count). The second-order valence-corrected chi connectivity index (χ2v) is 7.14. The number of rotatable bonds is 5. The number of nitrogens with zero attached hydrogens (tertiary/aromatic N) is 2. The van der Waals surface area contributed by atoms with Gasteiger partial charge in [-0.3, -0.25) is 4.79 Å². The Morgan fingerprint density at radius 3 is 2.47 bits per heavy atom. The van der Waals surface area contributed by atoms with Crippen LogP contribution in [0.1, 0.15) is 21.5 Å². The van der Waals surface area contributed by atoms with E-state index >= 15 is 0 Å². The van der Waals surface area contributed by atoms with Crippen molar-refractivity contribution in [1.29, 1.82) is 0 Å². The van der Waals surface area contributed by atoms with Gasteiger partial charge in [-0.25, -0.2) is 4.68 Å². The van der Waals surface area contributed by atoms with E-state index in [9.17, 15) is 4.79 Å². The molecule has 5 heteroatoms. The highest BCUT2D eigenvalue weighted by molar-refractivity contribution is 6.08. The molecule has 1 amide bonds. The maximum absolute atomic E-state index is 13.3. The highest BCUT2D eigenvalue weighted by Gasteiger charge is 2.21. The SMILES string of the molecule is COc1ccccc1-c1nn(-c2ccccc2)cc1C(=O)Nc1cc(C)ccc1C. The molecule has 0 fully saturated rings. The molecule has 3 aromatic carbocycles. The Morgan fingerprint density at radius 1 is 0.967 bits per heavy atom. The first-order valence-corrected chi connectivity index (χ1v) is 9.74. The smallest absolute Gasteiger partial charge is 0.259 e. The molecule has 4 aromatic rings. The second kappa shape index (κ2) is 8.25. The summed E-state index contributed by atoms with van der Waals surface area (Å²) in [5.74, 6) is 0.448. The van der Waals surface area contributed by atoms with Crippen LogP contribution in [0.2, 0.25) is 0 Å². The molecule has 5 nitrogen and oxygen atoms in total. The van der Waals surface area contributed by atoms with Gasteiger partial charge in [0.1, 0.15) is 11.4 Å². The number of aryl methyl sites for hydroxylation is 2. The third kappa shape index (κ3) is 3.82. The number of anilines is 1. The van der Waals surface area contributed by atoms with E-state index < -0.39 is 0 Å². The van der Waals surface area contributed by atoms with Gasteiger partial charge in [0.25, 0.3) is 5.91 Å². The Bertz CT molecular complexity index is 1200. The molecule has 1 heterocycles. The summed E-state index contributed by atoms with van der Waals surface area (Å²) in [5, 5.41) is 7.78. The fourth-order valence-corrected chi connectivity index (χ4v) is 3.35. The molecule has 0 spiro atoms. The first-order valence-electron chi connectivity index (χ1n) is 9.74. The summed E-state index contributed by atoms with van der Waals surface area (Å²) < 4.78 is 7.24. The monoisotopic (exact) mass is 397 g/mol. The third-order valence-corrected chi connectivity index (χ3v) is 4.98. The van der Waals surface area contributed by atoms with Gasteiger partial charge in [0, 0.05) is 17.4 Å². The minimum absolute atomic E-state index is 0.216. The van der Waals surface area contributed by atoms with E-state index in [-0.39, 0.29) is 5.91 Å². The third-order valence-electron chi connectivity index (χ3n) is 4.98. The highest BCUT2D eigenvalue weighted by atomic mass is 16.5. The molecule has 0 aliphatic rings. The maximum atomic E-state index is 13.3. The van der Waals surface area contributed by atoms with Crippen LogP contribution in [0.4, 0.5) is 5.69 Å². The molecule has 1 aromatic heterocycles. The number of nitrogens with one attached hydrogen (secondary N) is 1. The van der Waals surface area contributed by atoms with Crippen LogP contribution in [0.3, 0.4) is 0 Å². The quantitative estimate of drug-likeness (QED) is 0.489. The molecule has 0 aliphatic heterocycles. The average Bonchev–Trinajstić information content (AvgIpc) is 3.22. The second-order valence-electron chi connectivity index (χ2n) is 7.14. The predicted molar refractivity (Wildman–Crippen MR) is 119 cm³/mol. The number of benzene rings is 3. The van der Waals surface area contributed by atoms with Crippen molar-refractivity contribution in [2.24, 2.45) is 0 Å². The number of aromatic nitrogens is 2. The zero-order chi connectivity index (χ0) is 21.1. The molecular weight excluding hydrogens is 374 g/mol. The van der Waals surface area contributed by atoms with Gasteiger partial charge < -0.3 is 10.1 Å². The summed E-state index contributed by atoms with van der Waals surface area (Å²) in [6.07, 6.45) is 1.76. The summed E-state index contributed by atoms with van der Waals surface area (Å²) in [5.41, 5.74) is 5.56. The van der Waals surface area contributed by atoms with Crippen molar-refractivity contribution in [2.75, 3.05) is 12.4 Å². The van der Waals surface area contributed by atoms with Crippen molar-refractivity contribution >= 4 is 11.6 Å². The van der Waals surface area contributed by atoms with E-state index in [1.54, 1.807) is 18.0 Å². The van der Waals surface area contributed by atoms with Crippen molar-refractivity contribution in [2.45, 2.75) is 13.8 Å². The van der Waals surface area contributed by atoms with Crippen molar-refractivity contribution in [3.05, 3.63) is 95.7 Å². The van der Waals surface area contributed by atoms with Crippen molar-refractivity contribution in [1.82, 2.24) is 9.78 Å². The standard InChI is InChI=1S/C25H23N3O2/c1-17-13-14-18(2)22(15-17)26-25(29)21-16-28(19-9-5-4-6-10-19)27-24(21)20-11-7-8-12-23(20)30-3/h4-16H,1-3H3,(H,26,29). The van der Waals surface area contributed by atoms with Crippen LogP contribution in [-0.2, 0) is 0 Å². The van der Waals surface area contributed by atoms with E-state index in [1.165, 1.54) is 0 Å². The number of carbonyl (C=O) groups excluding carboxylic acids is 1. The lowest BCUT2D eigenvalue weighted by molar-refractivity contribution is 0.102. The summed E-state index contributed by atoms with van der Waals surface area (Å²) in [6.45, 7) is 3.98. The summed E-state index contributed by atoms with van der Waals surface area (Å²) in [7, 11) is 1.61. The van der Waals surface area contributed by atoms with Crippen LogP contribution in [0.5, 0.6) is 5.75 Å². The van der Waals surface area contributed by atoms with Crippen LogP contribution in [-0.4, -0.2) is 22.8 Å². The lowest BCUT2D eigenvalue weighted by atomic mass is 10.1. The fraction of sp³-hybridized carbons (Fsp3) is 0.120. The Hall–Kier alpha value is -3.86. The van der Waals surface area contributed by atoms with Gasteiger partial charge in [-0.05, 0) is 55.3 Å². The summed E-state index contributed by atoms with van der Waals surface area (Å²) in [4.78, 5) is 13.3. The van der Waals surface area contributed by atoms with Gasteiger partial charge in [-0.1, -0.05) is 42.5 Å². The van der Waals surface area contributed by atoms with Crippen LogP contribution >= 0.6 is 0 Å². The molecule has 0 bridgehead atoms. The highest BCUT2D eigenvalue weighted by Crippen LogP contribution is 2.32. The van der Waals surface area contributed by atoms with Crippen molar-refractivity contribution < 1.29 is 9.53 Å². The molecule has 30 heavy (non-hydrogen) atoms. The Labute approximate surface area is 175 Å². The lowest BCUT2D eigenvalue weighted by Gasteiger charge is -2.10. The van der Waals surface area contributed by atoms with Crippen LogP contribution < -0.4 is 10.1 Å². The molecule has 0 aliphatic carbocycles. The first-order chi connectivity index (χ1) is 14.6. The average molecular weight is 397 g/mol. The minimum Gasteiger partial charge on any atom is -0.496 e. The number of carbonyl (C=O) groups is 1. The molecule has 0 saturated heterocycles. The number of hydrogen-bond donors (Lipinski definition) is 1. The largest absolute Gasteiger partial charge is 0.496 e. The molecule has 150 valence electrons. The van der Waals surface area contributed by atoms with E-state index in [1.807, 2.05) is 86.6 Å². The molecule has 0 radical (unpaired) electrons. The zero-order valence-electron chi connectivity index (χ0n) is 17.2. The van der Waals surface area contributed by atoms with Gasteiger partial charge in [-0.15, -0.1) is 0 Å². The van der Waals surface area contributed by atoms with Crippen LogP contribution in [0, 0.1) is 13.8 Å². The summed E-state index contributed by atoms with van der Waals surface area (Å²) >= 11 is 0. The topological polar surface area (TPSA) is 56.2 Å². The van der Waals surface area contributed by atoms with Gasteiger partial charge in [0.2, 0.25) is 0 Å². The van der Waals surface area contributed by atoms with Crippen LogP contribution in [0.25, 0.3) is 16.9 Å². The molecule has 1 N–H and O–H groups in total. The van der Waals surface area contributed by atoms with Crippen molar-refractivity contribution in [3.8, 4) is 22.7 Å². The number of ether oxygens (including phenoxy) is 1. The Kier molecular flexibility index (Phi) is 5.35. The van der Waals surface area contributed by atoms with E-state index in [0.717, 1.165) is 28.1 Å². The number of hydrogen-bond acceptors (Lipinski definition) is 3. The summed E-state index contributed by atoms with van der Waals surface area (Å²) in [6, 6.07) is 23.3. The van der Waals surface area contributed by atoms with E-state index in [2.05, 4.69) is 5.32 Å². The molecule has 0 unspecified atom stereocenters. The van der Waals surface area contributed by atoms with Crippen LogP contribution in [0.15, 0.2) is 79.0 Å². The number of methoxy groups -OCH3 is 1. The maximum Gasteiger partial charge on any atom is 0.259 e. The Morgan fingerprint density at radius 2 is 1.70 bits per heavy atom.